The van der Waals surface area contributed by atoms with Crippen molar-refractivity contribution in [1.29, 1.82) is 0 Å². The Labute approximate surface area is 84.1 Å². The van der Waals surface area contributed by atoms with Crippen molar-refractivity contribution in [1.82, 2.24) is 0 Å². The minimum absolute atomic E-state index is 0.134. The van der Waals surface area contributed by atoms with Gasteiger partial charge in [0.1, 0.15) is 11.5 Å². The van der Waals surface area contributed by atoms with Gasteiger partial charge in [0.15, 0.2) is 5.78 Å². The summed E-state index contributed by atoms with van der Waals surface area (Å²) in [5, 5.41) is 0. The molecule has 0 heterocycles. The molecule has 0 bridgehead atoms. The first-order valence-corrected chi connectivity index (χ1v) is 4.83. The Morgan fingerprint density at radius 1 is 1.50 bits per heavy atom. The van der Waals surface area contributed by atoms with E-state index in [1.807, 2.05) is 0 Å². The van der Waals surface area contributed by atoms with E-state index in [1.165, 1.54) is 6.08 Å². The fourth-order valence-corrected chi connectivity index (χ4v) is 1.33. The summed E-state index contributed by atoms with van der Waals surface area (Å²) in [6, 6.07) is 0. The highest BCUT2D eigenvalue weighted by molar-refractivity contribution is 6.05. The number of carbonyl (C=O) groups is 2. The van der Waals surface area contributed by atoms with Crippen LogP contribution in [-0.2, 0) is 14.3 Å². The smallest absolute Gasteiger partial charge is 0.317 e. The molecule has 1 aliphatic carbocycles. The molecule has 1 aliphatic rings. The molecule has 0 saturated heterocycles. The molecule has 1 atom stereocenters. The highest BCUT2D eigenvalue weighted by Gasteiger charge is 2.30. The van der Waals surface area contributed by atoms with Gasteiger partial charge in [0.2, 0.25) is 0 Å². The van der Waals surface area contributed by atoms with Crippen LogP contribution in [0, 0.1) is 5.92 Å². The second kappa shape index (κ2) is 3.95. The maximum atomic E-state index is 11.5. The lowest BCUT2D eigenvalue weighted by Crippen LogP contribution is -2.33. The van der Waals surface area contributed by atoms with Crippen LogP contribution in [-0.4, -0.2) is 17.4 Å². The van der Waals surface area contributed by atoms with Gasteiger partial charge in [-0.25, -0.2) is 0 Å². The van der Waals surface area contributed by atoms with Crippen LogP contribution in [0.15, 0.2) is 12.2 Å². The van der Waals surface area contributed by atoms with Gasteiger partial charge in [-0.2, -0.15) is 0 Å². The minimum Gasteiger partial charge on any atom is -0.459 e. The van der Waals surface area contributed by atoms with Crippen molar-refractivity contribution in [3.63, 3.8) is 0 Å². The van der Waals surface area contributed by atoms with Crippen molar-refractivity contribution in [3.05, 3.63) is 12.2 Å². The number of esters is 1. The van der Waals surface area contributed by atoms with Gasteiger partial charge in [-0.05, 0) is 39.7 Å². The molecule has 0 spiro atoms. The summed E-state index contributed by atoms with van der Waals surface area (Å²) in [5.41, 5.74) is -0.515. The number of ether oxygens (including phenoxy) is 1. The molecule has 0 aliphatic heterocycles. The summed E-state index contributed by atoms with van der Waals surface area (Å²) in [7, 11) is 0. The fourth-order valence-electron chi connectivity index (χ4n) is 1.33. The van der Waals surface area contributed by atoms with Gasteiger partial charge in [0.05, 0.1) is 0 Å². The van der Waals surface area contributed by atoms with Gasteiger partial charge in [-0.1, -0.05) is 6.08 Å². The van der Waals surface area contributed by atoms with Crippen LogP contribution in [0.4, 0.5) is 0 Å². The Hall–Kier alpha value is -1.12. The molecule has 0 fully saturated rings. The fraction of sp³-hybridized carbons (Fsp3) is 0.636. The van der Waals surface area contributed by atoms with Crippen LogP contribution in [0.1, 0.15) is 33.6 Å². The van der Waals surface area contributed by atoms with Crippen LogP contribution in [0.25, 0.3) is 0 Å². The Bertz CT molecular complexity index is 271. The van der Waals surface area contributed by atoms with Crippen molar-refractivity contribution >= 4 is 11.8 Å². The summed E-state index contributed by atoms with van der Waals surface area (Å²) in [6.07, 6.45) is 4.61. The summed E-state index contributed by atoms with van der Waals surface area (Å²) >= 11 is 0. The maximum Gasteiger partial charge on any atom is 0.317 e. The van der Waals surface area contributed by atoms with Crippen LogP contribution in [0.5, 0.6) is 0 Å². The van der Waals surface area contributed by atoms with Gasteiger partial charge in [-0.3, -0.25) is 9.59 Å². The molecule has 0 N–H and O–H groups in total. The lowest BCUT2D eigenvalue weighted by Gasteiger charge is -2.23. The molecule has 78 valence electrons. The van der Waals surface area contributed by atoms with E-state index in [2.05, 4.69) is 0 Å². The predicted molar refractivity (Wildman–Crippen MR) is 52.7 cm³/mol. The Morgan fingerprint density at radius 3 is 2.64 bits per heavy atom. The molecule has 14 heavy (non-hydrogen) atoms. The third-order valence-electron chi connectivity index (χ3n) is 1.94. The average molecular weight is 196 g/mol. The van der Waals surface area contributed by atoms with Gasteiger partial charge in [0, 0.05) is 0 Å². The second-order valence-corrected chi connectivity index (χ2v) is 4.47. The zero-order chi connectivity index (χ0) is 10.8. The number of allylic oxidation sites excluding steroid dienone is 2. The van der Waals surface area contributed by atoms with Crippen molar-refractivity contribution in [2.45, 2.75) is 39.2 Å². The normalized spacial score (nSPS) is 22.2. The van der Waals surface area contributed by atoms with Gasteiger partial charge < -0.3 is 4.74 Å². The summed E-state index contributed by atoms with van der Waals surface area (Å²) < 4.78 is 5.15. The summed E-state index contributed by atoms with van der Waals surface area (Å²) in [5.74, 6) is -1.11. The Morgan fingerprint density at radius 2 is 2.14 bits per heavy atom. The average Bonchev–Trinajstić information content (AvgIpc) is 2.01. The zero-order valence-electron chi connectivity index (χ0n) is 8.87. The van der Waals surface area contributed by atoms with Crippen molar-refractivity contribution < 1.29 is 14.3 Å². The highest BCUT2D eigenvalue weighted by Crippen LogP contribution is 2.19. The van der Waals surface area contributed by atoms with Crippen LogP contribution in [0.2, 0.25) is 0 Å². The monoisotopic (exact) mass is 196 g/mol. The predicted octanol–water partition coefficient (Wildman–Crippen LogP) is 1.86. The second-order valence-electron chi connectivity index (χ2n) is 4.47. The van der Waals surface area contributed by atoms with Crippen molar-refractivity contribution in [2.24, 2.45) is 5.92 Å². The first-order valence-electron chi connectivity index (χ1n) is 4.83. The molecule has 1 rings (SSSR count). The molecule has 3 nitrogen and oxygen atoms in total. The lowest BCUT2D eigenvalue weighted by atomic mass is 9.93. The molecule has 3 heteroatoms. The van der Waals surface area contributed by atoms with Crippen molar-refractivity contribution in [3.8, 4) is 0 Å². The van der Waals surface area contributed by atoms with Crippen LogP contribution < -0.4 is 0 Å². The quantitative estimate of drug-likeness (QED) is 0.475. The Kier molecular flexibility index (Phi) is 3.09. The molecule has 0 saturated carbocycles. The molecule has 0 aromatic carbocycles. The number of ketones is 1. The molecular formula is C11H16O3. The Balaban J connectivity index is 2.61. The van der Waals surface area contributed by atoms with E-state index in [9.17, 15) is 9.59 Å². The lowest BCUT2D eigenvalue weighted by molar-refractivity contribution is -0.161. The first-order chi connectivity index (χ1) is 6.40. The number of rotatable bonds is 1. The van der Waals surface area contributed by atoms with E-state index in [0.717, 1.165) is 6.42 Å². The van der Waals surface area contributed by atoms with E-state index in [4.69, 9.17) is 4.74 Å². The van der Waals surface area contributed by atoms with Gasteiger partial charge in [0.25, 0.3) is 0 Å². The van der Waals surface area contributed by atoms with Crippen molar-refractivity contribution in [2.75, 3.05) is 0 Å². The maximum absolute atomic E-state index is 11.5. The third kappa shape index (κ3) is 2.98. The summed E-state index contributed by atoms with van der Waals surface area (Å²) in [6.45, 7) is 5.40. The number of carbonyl (C=O) groups excluding carboxylic acids is 2. The minimum atomic E-state index is -0.584. The molecule has 0 radical (unpaired) electrons. The van der Waals surface area contributed by atoms with E-state index in [1.54, 1.807) is 26.8 Å². The van der Waals surface area contributed by atoms with E-state index < -0.39 is 17.5 Å². The highest BCUT2D eigenvalue weighted by atomic mass is 16.6. The third-order valence-corrected chi connectivity index (χ3v) is 1.94. The van der Waals surface area contributed by atoms with E-state index >= 15 is 0 Å². The summed E-state index contributed by atoms with van der Waals surface area (Å²) in [4.78, 5) is 22.9. The number of hydrogen-bond donors (Lipinski definition) is 0. The van der Waals surface area contributed by atoms with E-state index in [-0.39, 0.29) is 5.78 Å². The van der Waals surface area contributed by atoms with Gasteiger partial charge in [-0.15, -0.1) is 0 Å². The topological polar surface area (TPSA) is 43.4 Å². The standard InChI is InChI=1S/C11H16O3/c1-11(2,3)14-10(13)8-6-4-5-7-9(8)12/h5,7-8H,4,6H2,1-3H3/t8-/m1/s1. The molecule has 0 aromatic heterocycles. The largest absolute Gasteiger partial charge is 0.459 e. The van der Waals surface area contributed by atoms with Crippen LogP contribution >= 0.6 is 0 Å². The molecule has 0 aromatic rings. The number of hydrogen-bond acceptors (Lipinski definition) is 3. The van der Waals surface area contributed by atoms with E-state index in [0.29, 0.717) is 6.42 Å². The SMILES string of the molecule is CC(C)(C)OC(=O)[C@@H]1CCC=CC1=O. The molecule has 0 amide bonds. The zero-order valence-corrected chi connectivity index (χ0v) is 8.87. The molecule has 0 unspecified atom stereocenters. The molecular weight excluding hydrogens is 180 g/mol. The van der Waals surface area contributed by atoms with Gasteiger partial charge >= 0.3 is 5.97 Å². The van der Waals surface area contributed by atoms with Crippen LogP contribution in [0.3, 0.4) is 0 Å². The first kappa shape index (κ1) is 11.0.